The minimum absolute atomic E-state index is 0.192. The molecule has 7 nitrogen and oxygen atoms in total. The molecule has 9 heteroatoms. The van der Waals surface area contributed by atoms with Crippen molar-refractivity contribution in [2.75, 3.05) is 50.8 Å². The van der Waals surface area contributed by atoms with Gasteiger partial charge in [0, 0.05) is 67.9 Å². The van der Waals surface area contributed by atoms with Crippen LogP contribution in [0.25, 0.3) is 11.3 Å². The average Bonchev–Trinajstić information content (AvgIpc) is 3.30. The Morgan fingerprint density at radius 1 is 1.20 bits per heavy atom. The summed E-state index contributed by atoms with van der Waals surface area (Å²) >= 11 is 0. The monoisotopic (exact) mass is 486 g/mol. The first-order valence-electron chi connectivity index (χ1n) is 12.4. The zero-order chi connectivity index (χ0) is 24.6. The molecule has 0 unspecified atom stereocenters. The number of nitrogens with zero attached hydrogens (tertiary/aromatic N) is 4. The lowest BCUT2D eigenvalue weighted by atomic mass is 9.78. The fourth-order valence-corrected chi connectivity index (χ4v) is 5.95. The SMILES string of the molecule is CCOC(=O)N1CC2(CC[C@@H](N3CCN(c4cc(F)cnc4-c4ccc(F)c(CO)c4)CC3)C2)C1. The summed E-state index contributed by atoms with van der Waals surface area (Å²) in [7, 11) is 0. The molecule has 3 aliphatic rings. The summed E-state index contributed by atoms with van der Waals surface area (Å²) in [5, 5.41) is 9.45. The van der Waals surface area contributed by atoms with Crippen LogP contribution in [0.15, 0.2) is 30.5 Å². The molecule has 1 aliphatic carbocycles. The summed E-state index contributed by atoms with van der Waals surface area (Å²) in [5.41, 5.74) is 2.34. The predicted octanol–water partition coefficient (Wildman–Crippen LogP) is 3.65. The topological polar surface area (TPSA) is 69.1 Å². The van der Waals surface area contributed by atoms with Gasteiger partial charge in [0.25, 0.3) is 0 Å². The number of aliphatic hydroxyl groups is 1. The van der Waals surface area contributed by atoms with Crippen molar-refractivity contribution in [3.05, 3.63) is 47.7 Å². The second-order valence-corrected chi connectivity index (χ2v) is 9.96. The van der Waals surface area contributed by atoms with Gasteiger partial charge in [0.1, 0.15) is 11.6 Å². The first-order valence-corrected chi connectivity index (χ1v) is 12.4. The molecular formula is C26H32F2N4O3. The Kier molecular flexibility index (Phi) is 6.63. The van der Waals surface area contributed by atoms with Gasteiger partial charge in [0.2, 0.25) is 0 Å². The van der Waals surface area contributed by atoms with Crippen molar-refractivity contribution in [3.8, 4) is 11.3 Å². The molecule has 188 valence electrons. The number of hydrogen-bond donors (Lipinski definition) is 1. The summed E-state index contributed by atoms with van der Waals surface area (Å²) in [6.45, 7) is 6.61. The minimum Gasteiger partial charge on any atom is -0.450 e. The standard InChI is InChI=1S/C26H32F2N4O3/c1-2-35-25(34)32-16-26(17-32)6-5-21(13-26)30-7-9-31(10-8-30)23-12-20(27)14-29-24(23)18-3-4-22(28)19(11-18)15-33/h3-4,11-12,14,21,33H,2,5-10,13,15-17H2,1H3/t21-/m1/s1. The molecule has 2 saturated heterocycles. The van der Waals surface area contributed by atoms with Crippen LogP contribution in [0, 0.1) is 17.0 Å². The summed E-state index contributed by atoms with van der Waals surface area (Å²) in [6.07, 6.45) is 4.32. The maximum Gasteiger partial charge on any atom is 0.409 e. The van der Waals surface area contributed by atoms with Crippen LogP contribution in [-0.2, 0) is 11.3 Å². The molecule has 1 N–H and O–H groups in total. The maximum absolute atomic E-state index is 14.2. The molecule has 2 aromatic rings. The van der Waals surface area contributed by atoms with E-state index in [9.17, 15) is 18.7 Å². The number of ether oxygens (including phenoxy) is 1. The fourth-order valence-electron chi connectivity index (χ4n) is 5.95. The highest BCUT2D eigenvalue weighted by molar-refractivity contribution is 5.75. The lowest BCUT2D eigenvalue weighted by molar-refractivity contribution is -0.00294. The van der Waals surface area contributed by atoms with Crippen LogP contribution in [0.2, 0.25) is 0 Å². The number of halogens is 2. The summed E-state index contributed by atoms with van der Waals surface area (Å²) < 4.78 is 33.2. The van der Waals surface area contributed by atoms with E-state index in [2.05, 4.69) is 14.8 Å². The number of aliphatic hydroxyl groups excluding tert-OH is 1. The van der Waals surface area contributed by atoms with Gasteiger partial charge >= 0.3 is 6.09 Å². The highest BCUT2D eigenvalue weighted by Crippen LogP contribution is 2.47. The molecular weight excluding hydrogens is 454 g/mol. The van der Waals surface area contributed by atoms with E-state index in [1.54, 1.807) is 17.0 Å². The number of carbonyl (C=O) groups is 1. The lowest BCUT2D eigenvalue weighted by Gasteiger charge is -2.48. The van der Waals surface area contributed by atoms with Gasteiger partial charge in [-0.25, -0.2) is 13.6 Å². The van der Waals surface area contributed by atoms with E-state index in [-0.39, 0.29) is 17.1 Å². The summed E-state index contributed by atoms with van der Waals surface area (Å²) in [4.78, 5) is 22.7. The van der Waals surface area contributed by atoms with Gasteiger partial charge in [-0.15, -0.1) is 0 Å². The Balaban J connectivity index is 1.23. The van der Waals surface area contributed by atoms with Gasteiger partial charge in [-0.05, 0) is 44.4 Å². The van der Waals surface area contributed by atoms with Crippen LogP contribution in [0.1, 0.15) is 31.7 Å². The molecule has 1 atom stereocenters. The Labute approximate surface area is 204 Å². The molecule has 3 fully saturated rings. The van der Waals surface area contributed by atoms with E-state index in [1.807, 2.05) is 6.92 Å². The molecule has 1 spiro atoms. The van der Waals surface area contributed by atoms with Crippen LogP contribution < -0.4 is 4.90 Å². The van der Waals surface area contributed by atoms with Gasteiger partial charge in [0.15, 0.2) is 0 Å². The quantitative estimate of drug-likeness (QED) is 0.696. The third-order valence-electron chi connectivity index (χ3n) is 7.75. The maximum atomic E-state index is 14.2. The Morgan fingerprint density at radius 3 is 2.69 bits per heavy atom. The van der Waals surface area contributed by atoms with Crippen LogP contribution in [-0.4, -0.2) is 77.9 Å². The highest BCUT2D eigenvalue weighted by atomic mass is 19.1. The van der Waals surface area contributed by atoms with Gasteiger partial charge in [-0.1, -0.05) is 0 Å². The van der Waals surface area contributed by atoms with Crippen molar-refractivity contribution in [3.63, 3.8) is 0 Å². The van der Waals surface area contributed by atoms with Crippen molar-refractivity contribution in [2.45, 2.75) is 38.8 Å². The van der Waals surface area contributed by atoms with Crippen LogP contribution in [0.3, 0.4) is 0 Å². The van der Waals surface area contributed by atoms with Crippen molar-refractivity contribution >= 4 is 11.8 Å². The number of hydrogen-bond acceptors (Lipinski definition) is 6. The highest BCUT2D eigenvalue weighted by Gasteiger charge is 2.51. The molecule has 2 aliphatic heterocycles. The van der Waals surface area contributed by atoms with Gasteiger partial charge in [-0.3, -0.25) is 9.88 Å². The van der Waals surface area contributed by atoms with E-state index in [0.717, 1.165) is 58.5 Å². The largest absolute Gasteiger partial charge is 0.450 e. The fraction of sp³-hybridized carbons (Fsp3) is 0.538. The molecule has 0 radical (unpaired) electrons. The first kappa shape index (κ1) is 23.9. The molecule has 1 aromatic carbocycles. The number of likely N-dealkylation sites (tertiary alicyclic amines) is 1. The number of aromatic nitrogens is 1. The predicted molar refractivity (Wildman–Crippen MR) is 128 cm³/mol. The Hall–Kier alpha value is -2.78. The van der Waals surface area contributed by atoms with Crippen molar-refractivity contribution in [1.82, 2.24) is 14.8 Å². The molecule has 1 aromatic heterocycles. The van der Waals surface area contributed by atoms with Crippen molar-refractivity contribution in [1.29, 1.82) is 0 Å². The zero-order valence-corrected chi connectivity index (χ0v) is 20.1. The van der Waals surface area contributed by atoms with E-state index in [1.165, 1.54) is 18.3 Å². The normalized spacial score (nSPS) is 21.9. The zero-order valence-electron chi connectivity index (χ0n) is 20.1. The number of anilines is 1. The number of pyridine rings is 1. The Morgan fingerprint density at radius 2 is 1.97 bits per heavy atom. The average molecular weight is 487 g/mol. The van der Waals surface area contributed by atoms with Crippen molar-refractivity contribution < 1.29 is 23.4 Å². The van der Waals surface area contributed by atoms with Gasteiger partial charge < -0.3 is 19.6 Å². The molecule has 0 bridgehead atoms. The van der Waals surface area contributed by atoms with E-state index >= 15 is 0 Å². The summed E-state index contributed by atoms with van der Waals surface area (Å²) in [5.74, 6) is -0.885. The van der Waals surface area contributed by atoms with Crippen LogP contribution >= 0.6 is 0 Å². The van der Waals surface area contributed by atoms with Gasteiger partial charge in [0.05, 0.1) is 30.8 Å². The summed E-state index contributed by atoms with van der Waals surface area (Å²) in [6, 6.07) is 6.49. The number of piperazine rings is 1. The second kappa shape index (κ2) is 9.70. The number of amides is 1. The molecule has 5 rings (SSSR count). The molecule has 3 heterocycles. The van der Waals surface area contributed by atoms with E-state index in [0.29, 0.717) is 29.6 Å². The number of benzene rings is 1. The van der Waals surface area contributed by atoms with E-state index in [4.69, 9.17) is 4.74 Å². The minimum atomic E-state index is -0.472. The van der Waals surface area contributed by atoms with Crippen LogP contribution in [0.4, 0.5) is 19.3 Å². The van der Waals surface area contributed by atoms with Gasteiger partial charge in [-0.2, -0.15) is 0 Å². The first-order chi connectivity index (χ1) is 16.9. The number of carbonyl (C=O) groups excluding carboxylic acids is 1. The molecule has 1 saturated carbocycles. The second-order valence-electron chi connectivity index (χ2n) is 9.96. The molecule has 35 heavy (non-hydrogen) atoms. The lowest BCUT2D eigenvalue weighted by Crippen LogP contribution is -2.58. The van der Waals surface area contributed by atoms with Crippen LogP contribution in [0.5, 0.6) is 0 Å². The van der Waals surface area contributed by atoms with E-state index < -0.39 is 18.2 Å². The third-order valence-corrected chi connectivity index (χ3v) is 7.75. The number of rotatable bonds is 5. The third kappa shape index (κ3) is 4.71. The smallest absolute Gasteiger partial charge is 0.409 e. The molecule has 1 amide bonds. The van der Waals surface area contributed by atoms with Crippen molar-refractivity contribution in [2.24, 2.45) is 5.41 Å². The Bertz CT molecular complexity index is 1080.